The number of rotatable bonds is 7. The van der Waals surface area contributed by atoms with E-state index in [2.05, 4.69) is 49.1 Å². The van der Waals surface area contributed by atoms with Crippen molar-refractivity contribution in [3.05, 3.63) is 12.2 Å². The summed E-state index contributed by atoms with van der Waals surface area (Å²) in [5.41, 5.74) is 0. The summed E-state index contributed by atoms with van der Waals surface area (Å²) in [6, 6.07) is 0. The molecular formula is C16H32IN7. The predicted molar refractivity (Wildman–Crippen MR) is 109 cm³/mol. The lowest BCUT2D eigenvalue weighted by atomic mass is 9.98. The average Bonchev–Trinajstić information content (AvgIpc) is 3.05. The van der Waals surface area contributed by atoms with Crippen LogP contribution in [0.1, 0.15) is 32.5 Å². The molecule has 8 heteroatoms. The molecule has 0 saturated carbocycles. The molecule has 1 unspecified atom stereocenters. The Kier molecular flexibility index (Phi) is 10.2. The van der Waals surface area contributed by atoms with Crippen molar-refractivity contribution in [2.24, 2.45) is 10.9 Å². The van der Waals surface area contributed by atoms with E-state index in [0.717, 1.165) is 44.4 Å². The second-order valence-corrected chi connectivity index (χ2v) is 6.08. The summed E-state index contributed by atoms with van der Waals surface area (Å²) in [5.74, 6) is 2.62. The molecule has 0 bridgehead atoms. The highest BCUT2D eigenvalue weighted by Gasteiger charge is 2.18. The van der Waals surface area contributed by atoms with Crippen LogP contribution in [-0.2, 0) is 13.0 Å². The predicted octanol–water partition coefficient (Wildman–Crippen LogP) is 1.36. The van der Waals surface area contributed by atoms with Crippen molar-refractivity contribution in [2.75, 3.05) is 39.8 Å². The first-order valence-corrected chi connectivity index (χ1v) is 8.80. The molecule has 7 nitrogen and oxygen atoms in total. The smallest absolute Gasteiger partial charge is 0.191 e. The Morgan fingerprint density at radius 1 is 1.38 bits per heavy atom. The number of piperidine rings is 1. The minimum atomic E-state index is 0. The summed E-state index contributed by atoms with van der Waals surface area (Å²) in [6.45, 7) is 10.6. The first-order valence-electron chi connectivity index (χ1n) is 8.80. The Morgan fingerprint density at radius 2 is 2.21 bits per heavy atom. The van der Waals surface area contributed by atoms with Gasteiger partial charge in [-0.2, -0.15) is 0 Å². The zero-order chi connectivity index (χ0) is 16.5. The second kappa shape index (κ2) is 11.6. The van der Waals surface area contributed by atoms with E-state index in [1.54, 1.807) is 6.33 Å². The number of halogens is 1. The van der Waals surface area contributed by atoms with Crippen molar-refractivity contribution in [1.82, 2.24) is 30.3 Å². The molecule has 1 saturated heterocycles. The summed E-state index contributed by atoms with van der Waals surface area (Å²) in [6.07, 6.45) is 5.31. The monoisotopic (exact) mass is 449 g/mol. The molecular weight excluding hydrogens is 417 g/mol. The van der Waals surface area contributed by atoms with Gasteiger partial charge in [-0.15, -0.1) is 34.2 Å². The Hall–Kier alpha value is -0.900. The molecule has 0 spiro atoms. The van der Waals surface area contributed by atoms with E-state index in [0.29, 0.717) is 5.92 Å². The largest absolute Gasteiger partial charge is 0.356 e. The zero-order valence-corrected chi connectivity index (χ0v) is 17.5. The minimum Gasteiger partial charge on any atom is -0.356 e. The summed E-state index contributed by atoms with van der Waals surface area (Å²) in [7, 11) is 1.82. The molecule has 2 heterocycles. The molecule has 0 aliphatic carbocycles. The van der Waals surface area contributed by atoms with Crippen LogP contribution in [-0.4, -0.2) is 65.4 Å². The number of hydrogen-bond donors (Lipinski definition) is 2. The van der Waals surface area contributed by atoms with E-state index in [1.807, 2.05) is 7.05 Å². The zero-order valence-electron chi connectivity index (χ0n) is 15.2. The molecule has 1 atom stereocenters. The Morgan fingerprint density at radius 3 is 2.92 bits per heavy atom. The molecule has 1 fully saturated rings. The van der Waals surface area contributed by atoms with Gasteiger partial charge in [-0.3, -0.25) is 4.99 Å². The third-order valence-corrected chi connectivity index (χ3v) is 4.49. The van der Waals surface area contributed by atoms with Gasteiger partial charge in [0.05, 0.1) is 0 Å². The highest BCUT2D eigenvalue weighted by Crippen LogP contribution is 2.14. The van der Waals surface area contributed by atoms with Crippen molar-refractivity contribution in [3.8, 4) is 0 Å². The Labute approximate surface area is 162 Å². The van der Waals surface area contributed by atoms with Gasteiger partial charge in [-0.1, -0.05) is 13.8 Å². The van der Waals surface area contributed by atoms with Gasteiger partial charge in [-0.25, -0.2) is 0 Å². The topological polar surface area (TPSA) is 70.4 Å². The van der Waals surface area contributed by atoms with Crippen LogP contribution in [0.4, 0.5) is 0 Å². The fourth-order valence-corrected chi connectivity index (χ4v) is 3.10. The lowest BCUT2D eigenvalue weighted by Crippen LogP contribution is -2.44. The van der Waals surface area contributed by atoms with Gasteiger partial charge >= 0.3 is 0 Å². The fourth-order valence-electron chi connectivity index (χ4n) is 3.10. The van der Waals surface area contributed by atoms with Crippen LogP contribution in [0.15, 0.2) is 11.3 Å². The second-order valence-electron chi connectivity index (χ2n) is 6.08. The molecule has 1 aliphatic rings. The first-order chi connectivity index (χ1) is 11.3. The fraction of sp³-hybridized carbons (Fsp3) is 0.812. The number of nitrogens with zero attached hydrogens (tertiary/aromatic N) is 5. The van der Waals surface area contributed by atoms with E-state index in [1.165, 1.54) is 25.9 Å². The van der Waals surface area contributed by atoms with Crippen LogP contribution in [0.25, 0.3) is 0 Å². The van der Waals surface area contributed by atoms with Gasteiger partial charge in [0.15, 0.2) is 5.96 Å². The Bertz CT molecular complexity index is 489. The lowest BCUT2D eigenvalue weighted by molar-refractivity contribution is 0.183. The maximum absolute atomic E-state index is 4.31. The van der Waals surface area contributed by atoms with Crippen molar-refractivity contribution in [3.63, 3.8) is 0 Å². The van der Waals surface area contributed by atoms with Crippen LogP contribution in [0, 0.1) is 5.92 Å². The number of aryl methyl sites for hydroxylation is 1. The van der Waals surface area contributed by atoms with Crippen LogP contribution in [0.2, 0.25) is 0 Å². The standard InChI is InChI=1S/C16H31N7.HI/c1-4-15-21-20-13-23(15)10-8-18-16(17-3)19-11-14-7-6-9-22(5-2)12-14;/h13-14H,4-12H2,1-3H3,(H2,17,18,19);1H. The van der Waals surface area contributed by atoms with E-state index >= 15 is 0 Å². The third kappa shape index (κ3) is 6.54. The highest BCUT2D eigenvalue weighted by molar-refractivity contribution is 14.0. The molecule has 0 aromatic carbocycles. The van der Waals surface area contributed by atoms with E-state index < -0.39 is 0 Å². The summed E-state index contributed by atoms with van der Waals surface area (Å²) in [4.78, 5) is 6.85. The normalized spacial score (nSPS) is 19.0. The molecule has 24 heavy (non-hydrogen) atoms. The highest BCUT2D eigenvalue weighted by atomic mass is 127. The SMILES string of the molecule is CCc1nncn1CCNC(=NC)NCC1CCCN(CC)C1.I. The van der Waals surface area contributed by atoms with Gasteiger partial charge in [0.25, 0.3) is 0 Å². The van der Waals surface area contributed by atoms with Crippen LogP contribution >= 0.6 is 24.0 Å². The van der Waals surface area contributed by atoms with Gasteiger partial charge in [0.2, 0.25) is 0 Å². The molecule has 1 aromatic heterocycles. The molecule has 1 aliphatic heterocycles. The van der Waals surface area contributed by atoms with Gasteiger partial charge in [0.1, 0.15) is 12.2 Å². The van der Waals surface area contributed by atoms with E-state index in [-0.39, 0.29) is 24.0 Å². The maximum atomic E-state index is 4.31. The number of guanidine groups is 1. The van der Waals surface area contributed by atoms with Crippen LogP contribution in [0.5, 0.6) is 0 Å². The Balaban J connectivity index is 0.00000288. The first kappa shape index (κ1) is 21.1. The molecule has 0 radical (unpaired) electrons. The lowest BCUT2D eigenvalue weighted by Gasteiger charge is -2.32. The van der Waals surface area contributed by atoms with Crippen LogP contribution < -0.4 is 10.6 Å². The van der Waals surface area contributed by atoms with Crippen molar-refractivity contribution >= 4 is 29.9 Å². The van der Waals surface area contributed by atoms with Gasteiger partial charge < -0.3 is 20.1 Å². The summed E-state index contributed by atoms with van der Waals surface area (Å²) < 4.78 is 2.08. The molecule has 2 N–H and O–H groups in total. The van der Waals surface area contributed by atoms with Crippen molar-refractivity contribution in [2.45, 2.75) is 39.7 Å². The number of likely N-dealkylation sites (tertiary alicyclic amines) is 1. The number of nitrogens with one attached hydrogen (secondary N) is 2. The van der Waals surface area contributed by atoms with Crippen molar-refractivity contribution < 1.29 is 0 Å². The third-order valence-electron chi connectivity index (χ3n) is 4.49. The molecule has 2 rings (SSSR count). The van der Waals surface area contributed by atoms with Gasteiger partial charge in [0, 0.05) is 39.6 Å². The average molecular weight is 449 g/mol. The quantitative estimate of drug-likeness (QED) is 0.374. The van der Waals surface area contributed by atoms with Gasteiger partial charge in [-0.05, 0) is 31.8 Å². The van der Waals surface area contributed by atoms with E-state index in [4.69, 9.17) is 0 Å². The summed E-state index contributed by atoms with van der Waals surface area (Å²) >= 11 is 0. The number of aliphatic imine (C=N–C) groups is 1. The minimum absolute atomic E-state index is 0. The molecule has 0 amide bonds. The van der Waals surface area contributed by atoms with Crippen molar-refractivity contribution in [1.29, 1.82) is 0 Å². The number of aromatic nitrogens is 3. The maximum Gasteiger partial charge on any atom is 0.191 e. The molecule has 138 valence electrons. The number of hydrogen-bond acceptors (Lipinski definition) is 4. The van der Waals surface area contributed by atoms with Crippen LogP contribution in [0.3, 0.4) is 0 Å². The van der Waals surface area contributed by atoms with E-state index in [9.17, 15) is 0 Å². The summed E-state index contributed by atoms with van der Waals surface area (Å²) in [5, 5.41) is 14.9. The molecule has 1 aromatic rings.